The van der Waals surface area contributed by atoms with E-state index < -0.39 is 0 Å². The summed E-state index contributed by atoms with van der Waals surface area (Å²) >= 11 is 12.2. The lowest BCUT2D eigenvalue weighted by Crippen LogP contribution is -2.35. The predicted octanol–water partition coefficient (Wildman–Crippen LogP) is 4.29. The molecule has 0 aliphatic carbocycles. The van der Waals surface area contributed by atoms with Crippen molar-refractivity contribution in [3.8, 4) is 5.75 Å². The number of amides is 1. The molecular weight excluding hydrogens is 309 g/mol. The van der Waals surface area contributed by atoms with Gasteiger partial charge >= 0.3 is 0 Å². The van der Waals surface area contributed by atoms with Gasteiger partial charge in [0.05, 0.1) is 21.3 Å². The fraction of sp³-hybridized carbons (Fsp3) is 0.188. The van der Waals surface area contributed by atoms with Crippen molar-refractivity contribution in [1.82, 2.24) is 0 Å². The van der Waals surface area contributed by atoms with Gasteiger partial charge in [-0.15, -0.1) is 0 Å². The number of hydrogen-bond acceptors (Lipinski definition) is 2. The molecule has 1 amide bonds. The van der Waals surface area contributed by atoms with Crippen molar-refractivity contribution in [2.24, 2.45) is 0 Å². The first kappa shape index (κ1) is 14.2. The summed E-state index contributed by atoms with van der Waals surface area (Å²) < 4.78 is 0. The number of carbonyl (C=O) groups excluding carboxylic acids is 1. The number of anilines is 1. The molecule has 0 spiro atoms. The summed E-state index contributed by atoms with van der Waals surface area (Å²) in [5.74, 6) is -0.184. The SMILES string of the molecule is O=C(c1c(Cl)cccc1Cl)N1CCCc2cccc(O)c21. The number of benzene rings is 2. The van der Waals surface area contributed by atoms with Crippen molar-refractivity contribution in [2.75, 3.05) is 11.4 Å². The first-order chi connectivity index (χ1) is 10.1. The third-order valence-electron chi connectivity index (χ3n) is 3.62. The minimum Gasteiger partial charge on any atom is -0.506 e. The van der Waals surface area contributed by atoms with E-state index in [1.807, 2.05) is 6.07 Å². The number of halogens is 2. The lowest BCUT2D eigenvalue weighted by atomic mass is 10.00. The fourth-order valence-electron chi connectivity index (χ4n) is 2.67. The molecule has 3 nitrogen and oxygen atoms in total. The van der Waals surface area contributed by atoms with Crippen LogP contribution in [0, 0.1) is 0 Å². The van der Waals surface area contributed by atoms with Gasteiger partial charge in [0.15, 0.2) is 0 Å². The number of fused-ring (bicyclic) bond motifs is 1. The minimum atomic E-state index is -0.284. The van der Waals surface area contributed by atoms with Crippen molar-refractivity contribution in [1.29, 1.82) is 0 Å². The molecule has 0 radical (unpaired) electrons. The van der Waals surface area contributed by atoms with Crippen LogP contribution in [0.15, 0.2) is 36.4 Å². The predicted molar refractivity (Wildman–Crippen MR) is 84.6 cm³/mol. The van der Waals surface area contributed by atoms with Crippen LogP contribution in [0.4, 0.5) is 5.69 Å². The highest BCUT2D eigenvalue weighted by atomic mass is 35.5. The van der Waals surface area contributed by atoms with Crippen LogP contribution in [0.3, 0.4) is 0 Å². The first-order valence-electron chi connectivity index (χ1n) is 6.66. The van der Waals surface area contributed by atoms with Crippen LogP contribution in [-0.4, -0.2) is 17.6 Å². The molecule has 108 valence electrons. The normalized spacial score (nSPS) is 13.9. The summed E-state index contributed by atoms with van der Waals surface area (Å²) in [5, 5.41) is 10.7. The maximum Gasteiger partial charge on any atom is 0.261 e. The molecule has 0 fully saturated rings. The molecule has 1 heterocycles. The average Bonchev–Trinajstić information content (AvgIpc) is 2.46. The van der Waals surface area contributed by atoms with E-state index >= 15 is 0 Å². The van der Waals surface area contributed by atoms with Crippen LogP contribution in [-0.2, 0) is 6.42 Å². The van der Waals surface area contributed by atoms with Gasteiger partial charge in [-0.25, -0.2) is 0 Å². The number of phenols is 1. The van der Waals surface area contributed by atoms with E-state index in [0.717, 1.165) is 18.4 Å². The summed E-state index contributed by atoms with van der Waals surface area (Å²) in [6.45, 7) is 0.533. The number of hydrogen-bond donors (Lipinski definition) is 1. The number of rotatable bonds is 1. The lowest BCUT2D eigenvalue weighted by molar-refractivity contribution is 0.0984. The maximum atomic E-state index is 12.8. The molecule has 0 atom stereocenters. The number of aromatic hydroxyl groups is 1. The number of para-hydroxylation sites is 1. The second kappa shape index (κ2) is 5.58. The Morgan fingerprint density at radius 1 is 1.10 bits per heavy atom. The van der Waals surface area contributed by atoms with E-state index in [2.05, 4.69) is 0 Å². The van der Waals surface area contributed by atoms with Gasteiger partial charge in [0, 0.05) is 6.54 Å². The molecule has 1 aliphatic rings. The standard InChI is InChI=1S/C16H13Cl2NO2/c17-11-6-2-7-12(18)14(11)16(21)19-9-3-5-10-4-1-8-13(20)15(10)19/h1-2,4,6-8,20H,3,5,9H2. The Morgan fingerprint density at radius 2 is 1.76 bits per heavy atom. The summed E-state index contributed by atoms with van der Waals surface area (Å²) in [4.78, 5) is 14.4. The molecular formula is C16H13Cl2NO2. The Kier molecular flexibility index (Phi) is 3.79. The Bertz CT molecular complexity index is 695. The van der Waals surface area contributed by atoms with Crippen molar-refractivity contribution >= 4 is 34.8 Å². The van der Waals surface area contributed by atoms with E-state index in [4.69, 9.17) is 23.2 Å². The Hall–Kier alpha value is -1.71. The summed E-state index contributed by atoms with van der Waals surface area (Å²) in [5.41, 5.74) is 1.79. The maximum absolute atomic E-state index is 12.8. The van der Waals surface area contributed by atoms with Crippen molar-refractivity contribution < 1.29 is 9.90 Å². The molecule has 0 bridgehead atoms. The van der Waals surface area contributed by atoms with Gasteiger partial charge in [0.25, 0.3) is 5.91 Å². The van der Waals surface area contributed by atoms with E-state index in [0.29, 0.717) is 22.3 Å². The Balaban J connectivity index is 2.09. The van der Waals surface area contributed by atoms with Crippen LogP contribution in [0.2, 0.25) is 10.0 Å². The summed E-state index contributed by atoms with van der Waals surface area (Å²) in [6, 6.07) is 10.3. The van der Waals surface area contributed by atoms with Crippen LogP contribution in [0.25, 0.3) is 0 Å². The number of carbonyl (C=O) groups is 1. The highest BCUT2D eigenvalue weighted by Gasteiger charge is 2.28. The molecule has 0 aromatic heterocycles. The molecule has 0 saturated heterocycles. The third kappa shape index (κ3) is 2.47. The number of phenolic OH excluding ortho intramolecular Hbond substituents is 1. The van der Waals surface area contributed by atoms with E-state index in [9.17, 15) is 9.90 Å². The quantitative estimate of drug-likeness (QED) is 0.851. The van der Waals surface area contributed by atoms with Crippen molar-refractivity contribution in [3.63, 3.8) is 0 Å². The fourth-order valence-corrected chi connectivity index (χ4v) is 3.23. The monoisotopic (exact) mass is 321 g/mol. The molecule has 3 rings (SSSR count). The lowest BCUT2D eigenvalue weighted by Gasteiger charge is -2.30. The topological polar surface area (TPSA) is 40.5 Å². The van der Waals surface area contributed by atoms with Gasteiger partial charge in [-0.05, 0) is 36.6 Å². The second-order valence-electron chi connectivity index (χ2n) is 4.94. The molecule has 5 heteroatoms. The van der Waals surface area contributed by atoms with Gasteiger partial charge in [-0.1, -0.05) is 41.4 Å². The van der Waals surface area contributed by atoms with Crippen LogP contribution >= 0.6 is 23.2 Å². The van der Waals surface area contributed by atoms with Gasteiger partial charge in [0.1, 0.15) is 5.75 Å². The average molecular weight is 322 g/mol. The highest BCUT2D eigenvalue weighted by molar-refractivity contribution is 6.40. The van der Waals surface area contributed by atoms with Gasteiger partial charge in [-0.3, -0.25) is 4.79 Å². The van der Waals surface area contributed by atoms with Gasteiger partial charge < -0.3 is 10.0 Å². The first-order valence-corrected chi connectivity index (χ1v) is 7.42. The smallest absolute Gasteiger partial charge is 0.261 e. The summed E-state index contributed by atoms with van der Waals surface area (Å²) in [7, 11) is 0. The Morgan fingerprint density at radius 3 is 2.48 bits per heavy atom. The zero-order chi connectivity index (χ0) is 15.0. The molecule has 1 N–H and O–H groups in total. The third-order valence-corrected chi connectivity index (χ3v) is 4.25. The Labute approximate surface area is 132 Å². The second-order valence-corrected chi connectivity index (χ2v) is 5.76. The van der Waals surface area contributed by atoms with E-state index in [1.54, 1.807) is 35.2 Å². The van der Waals surface area contributed by atoms with Crippen LogP contribution in [0.5, 0.6) is 5.75 Å². The zero-order valence-corrected chi connectivity index (χ0v) is 12.7. The van der Waals surface area contributed by atoms with Crippen LogP contribution in [0.1, 0.15) is 22.3 Å². The number of aryl methyl sites for hydroxylation is 1. The van der Waals surface area contributed by atoms with Crippen molar-refractivity contribution in [2.45, 2.75) is 12.8 Å². The zero-order valence-electron chi connectivity index (χ0n) is 11.1. The van der Waals surface area contributed by atoms with E-state index in [-0.39, 0.29) is 17.2 Å². The molecule has 2 aromatic carbocycles. The molecule has 0 saturated carbocycles. The minimum absolute atomic E-state index is 0.101. The molecule has 21 heavy (non-hydrogen) atoms. The van der Waals surface area contributed by atoms with E-state index in [1.165, 1.54) is 0 Å². The highest BCUT2D eigenvalue weighted by Crippen LogP contribution is 2.37. The van der Waals surface area contributed by atoms with Gasteiger partial charge in [0.2, 0.25) is 0 Å². The van der Waals surface area contributed by atoms with Crippen molar-refractivity contribution in [3.05, 3.63) is 57.6 Å². The molecule has 2 aromatic rings. The van der Waals surface area contributed by atoms with Gasteiger partial charge in [-0.2, -0.15) is 0 Å². The molecule has 0 unspecified atom stereocenters. The summed E-state index contributed by atoms with van der Waals surface area (Å²) in [6.07, 6.45) is 1.67. The molecule has 1 aliphatic heterocycles. The number of nitrogens with zero attached hydrogens (tertiary/aromatic N) is 1. The largest absolute Gasteiger partial charge is 0.506 e. The van der Waals surface area contributed by atoms with Crippen LogP contribution < -0.4 is 4.90 Å².